The molecule has 0 aliphatic heterocycles. The van der Waals surface area contributed by atoms with E-state index in [2.05, 4.69) is 15.5 Å². The molecule has 134 valence electrons. The average Bonchev–Trinajstić information content (AvgIpc) is 3.01. The van der Waals surface area contributed by atoms with Crippen LogP contribution in [0.25, 0.3) is 0 Å². The minimum atomic E-state index is -0.287. The Morgan fingerprint density at radius 1 is 1.32 bits per heavy atom. The number of carbonyl (C=O) groups is 2. The number of nitrogen functional groups attached to an aromatic ring is 1. The molecule has 25 heavy (non-hydrogen) atoms. The van der Waals surface area contributed by atoms with Crippen LogP contribution in [0.3, 0.4) is 0 Å². The molecule has 0 bridgehead atoms. The first-order chi connectivity index (χ1) is 11.9. The lowest BCUT2D eigenvalue weighted by Crippen LogP contribution is -2.26. The highest BCUT2D eigenvalue weighted by atomic mass is 32.1. The summed E-state index contributed by atoms with van der Waals surface area (Å²) in [6.45, 7) is 6.18. The molecule has 1 atom stereocenters. The molecule has 0 spiro atoms. The fourth-order valence-electron chi connectivity index (χ4n) is 2.31. The molecule has 0 aliphatic carbocycles. The van der Waals surface area contributed by atoms with Crippen LogP contribution in [0.4, 0.5) is 5.13 Å². The molecule has 0 unspecified atom stereocenters. The summed E-state index contributed by atoms with van der Waals surface area (Å²) in [5.41, 5.74) is 7.01. The lowest BCUT2D eigenvalue weighted by Gasteiger charge is -2.11. The van der Waals surface area contributed by atoms with E-state index in [4.69, 9.17) is 10.5 Å². The summed E-state index contributed by atoms with van der Waals surface area (Å²) >= 11 is 1.23. The van der Waals surface area contributed by atoms with E-state index in [0.29, 0.717) is 22.3 Å². The molecule has 1 aromatic carbocycles. The predicted octanol–water partition coefficient (Wildman–Crippen LogP) is 2.67. The van der Waals surface area contributed by atoms with Crippen LogP contribution in [0.2, 0.25) is 0 Å². The monoisotopic (exact) mass is 362 g/mol. The fraction of sp³-hybridized carbons (Fsp3) is 0.412. The van der Waals surface area contributed by atoms with E-state index in [0.717, 1.165) is 11.3 Å². The van der Waals surface area contributed by atoms with Crippen molar-refractivity contribution < 1.29 is 14.3 Å². The largest absolute Gasteiger partial charge is 0.494 e. The van der Waals surface area contributed by atoms with E-state index in [1.54, 1.807) is 25.1 Å². The Morgan fingerprint density at radius 3 is 2.68 bits per heavy atom. The second-order valence-corrected chi connectivity index (χ2v) is 6.64. The van der Waals surface area contributed by atoms with Crippen molar-refractivity contribution in [3.05, 3.63) is 34.3 Å². The third-order valence-electron chi connectivity index (χ3n) is 3.58. The van der Waals surface area contributed by atoms with Crippen molar-refractivity contribution in [3.63, 3.8) is 0 Å². The van der Waals surface area contributed by atoms with Crippen LogP contribution in [-0.4, -0.2) is 28.5 Å². The van der Waals surface area contributed by atoms with Crippen LogP contribution >= 0.6 is 11.3 Å². The fourth-order valence-corrected chi connectivity index (χ4v) is 2.92. The number of nitrogens with two attached hydrogens (primary N) is 1. The minimum Gasteiger partial charge on any atom is -0.494 e. The van der Waals surface area contributed by atoms with Gasteiger partial charge in [-0.15, -0.1) is 10.2 Å². The summed E-state index contributed by atoms with van der Waals surface area (Å²) in [6.07, 6.45) is 0.258. The van der Waals surface area contributed by atoms with Crippen molar-refractivity contribution in [2.45, 2.75) is 39.7 Å². The number of benzene rings is 1. The molecule has 0 radical (unpaired) electrons. The van der Waals surface area contributed by atoms with Gasteiger partial charge in [-0.1, -0.05) is 11.3 Å². The topological polar surface area (TPSA) is 107 Å². The van der Waals surface area contributed by atoms with E-state index >= 15 is 0 Å². The summed E-state index contributed by atoms with van der Waals surface area (Å²) < 4.78 is 5.46. The molecular formula is C17H22N4O3S. The lowest BCUT2D eigenvalue weighted by atomic mass is 10.0. The van der Waals surface area contributed by atoms with Gasteiger partial charge in [0.15, 0.2) is 5.78 Å². The van der Waals surface area contributed by atoms with Crippen LogP contribution in [0, 0.1) is 6.92 Å². The normalized spacial score (nSPS) is 11.8. The average molecular weight is 362 g/mol. The number of amides is 1. The Balaban J connectivity index is 1.86. The standard InChI is InChI=1S/C17H22N4O3S/c1-4-24-14-7-5-12(9-10(14)2)13(22)6-8-15(23)19-11(3)16-20-21-17(18)25-16/h5,7,9,11H,4,6,8H2,1-3H3,(H2,18,21)(H,19,23)/t11-/m1/s1. The number of aromatic nitrogens is 2. The van der Waals surface area contributed by atoms with Crippen molar-refractivity contribution in [1.82, 2.24) is 15.5 Å². The molecule has 3 N–H and O–H groups in total. The molecule has 1 amide bonds. The molecule has 0 aliphatic rings. The number of anilines is 1. The maximum absolute atomic E-state index is 12.3. The van der Waals surface area contributed by atoms with Crippen molar-refractivity contribution in [3.8, 4) is 5.75 Å². The lowest BCUT2D eigenvalue weighted by molar-refractivity contribution is -0.121. The SMILES string of the molecule is CCOc1ccc(C(=O)CCC(=O)N[C@H](C)c2nnc(N)s2)cc1C. The van der Waals surface area contributed by atoms with Crippen LogP contribution in [0.15, 0.2) is 18.2 Å². The highest BCUT2D eigenvalue weighted by molar-refractivity contribution is 7.15. The van der Waals surface area contributed by atoms with E-state index in [1.807, 2.05) is 13.8 Å². The Labute approximate surface area is 150 Å². The van der Waals surface area contributed by atoms with Gasteiger partial charge < -0.3 is 15.8 Å². The van der Waals surface area contributed by atoms with Crippen molar-refractivity contribution >= 4 is 28.2 Å². The summed E-state index contributed by atoms with van der Waals surface area (Å²) in [5, 5.41) is 11.4. The highest BCUT2D eigenvalue weighted by Crippen LogP contribution is 2.21. The molecule has 7 nitrogen and oxygen atoms in total. The second kappa shape index (κ2) is 8.57. The van der Waals surface area contributed by atoms with Gasteiger partial charge in [-0.3, -0.25) is 9.59 Å². The van der Waals surface area contributed by atoms with Gasteiger partial charge >= 0.3 is 0 Å². The zero-order valence-electron chi connectivity index (χ0n) is 14.5. The minimum absolute atomic E-state index is 0.0749. The smallest absolute Gasteiger partial charge is 0.221 e. The van der Waals surface area contributed by atoms with E-state index < -0.39 is 0 Å². The molecule has 1 heterocycles. The number of carbonyl (C=O) groups excluding carboxylic acids is 2. The molecule has 8 heteroatoms. The first-order valence-corrected chi connectivity index (χ1v) is 8.87. The van der Waals surface area contributed by atoms with E-state index in [-0.39, 0.29) is 30.6 Å². The third kappa shape index (κ3) is 5.25. The zero-order valence-corrected chi connectivity index (χ0v) is 15.4. The Hall–Kier alpha value is -2.48. The third-order valence-corrected chi connectivity index (χ3v) is 4.52. The number of hydrogen-bond acceptors (Lipinski definition) is 7. The predicted molar refractivity (Wildman–Crippen MR) is 96.8 cm³/mol. The Morgan fingerprint density at radius 2 is 2.08 bits per heavy atom. The van der Waals surface area contributed by atoms with Gasteiger partial charge in [0, 0.05) is 18.4 Å². The maximum Gasteiger partial charge on any atom is 0.221 e. The second-order valence-electron chi connectivity index (χ2n) is 5.60. The van der Waals surface area contributed by atoms with E-state index in [1.165, 1.54) is 11.3 Å². The summed E-state index contributed by atoms with van der Waals surface area (Å²) in [7, 11) is 0. The van der Waals surface area contributed by atoms with Crippen molar-refractivity contribution in [2.75, 3.05) is 12.3 Å². The van der Waals surface area contributed by atoms with Gasteiger partial charge in [0.1, 0.15) is 10.8 Å². The molecule has 0 fully saturated rings. The Bertz CT molecular complexity index is 760. The molecule has 0 saturated heterocycles. The van der Waals surface area contributed by atoms with Gasteiger partial charge in [0.25, 0.3) is 0 Å². The molecular weight excluding hydrogens is 340 g/mol. The number of Topliss-reactive ketones (excluding diaryl/α,β-unsaturated/α-hetero) is 1. The van der Waals surface area contributed by atoms with E-state index in [9.17, 15) is 9.59 Å². The highest BCUT2D eigenvalue weighted by Gasteiger charge is 2.16. The molecule has 0 saturated carbocycles. The van der Waals surface area contributed by atoms with Crippen LogP contribution in [-0.2, 0) is 4.79 Å². The van der Waals surface area contributed by atoms with Crippen LogP contribution in [0.5, 0.6) is 5.75 Å². The summed E-state index contributed by atoms with van der Waals surface area (Å²) in [5.74, 6) is 0.480. The van der Waals surface area contributed by atoms with Gasteiger partial charge in [0.2, 0.25) is 11.0 Å². The first-order valence-electron chi connectivity index (χ1n) is 8.05. The van der Waals surface area contributed by atoms with Crippen molar-refractivity contribution in [2.24, 2.45) is 0 Å². The number of ketones is 1. The summed E-state index contributed by atoms with van der Waals surface area (Å²) in [6, 6.07) is 5.02. The van der Waals surface area contributed by atoms with Crippen molar-refractivity contribution in [1.29, 1.82) is 0 Å². The van der Waals surface area contributed by atoms with Crippen LogP contribution in [0.1, 0.15) is 53.7 Å². The van der Waals surface area contributed by atoms with Gasteiger partial charge in [-0.25, -0.2) is 0 Å². The number of ether oxygens (including phenoxy) is 1. The van der Waals surface area contributed by atoms with Gasteiger partial charge in [-0.2, -0.15) is 0 Å². The number of nitrogens with one attached hydrogen (secondary N) is 1. The van der Waals surface area contributed by atoms with Gasteiger partial charge in [-0.05, 0) is 44.5 Å². The number of rotatable bonds is 8. The Kier molecular flexibility index (Phi) is 6.46. The number of hydrogen-bond donors (Lipinski definition) is 2. The van der Waals surface area contributed by atoms with Crippen LogP contribution < -0.4 is 15.8 Å². The molecule has 2 rings (SSSR count). The molecule has 1 aromatic heterocycles. The quantitative estimate of drug-likeness (QED) is 0.699. The maximum atomic E-state index is 12.3. The molecule has 2 aromatic rings. The first kappa shape index (κ1) is 18.9. The van der Waals surface area contributed by atoms with Gasteiger partial charge in [0.05, 0.1) is 12.6 Å². The number of aryl methyl sites for hydroxylation is 1. The summed E-state index contributed by atoms with van der Waals surface area (Å²) in [4.78, 5) is 24.3. The zero-order chi connectivity index (χ0) is 18.4. The number of nitrogens with zero attached hydrogens (tertiary/aromatic N) is 2.